The van der Waals surface area contributed by atoms with Gasteiger partial charge in [0.1, 0.15) is 5.91 Å². The van der Waals surface area contributed by atoms with E-state index in [0.29, 0.717) is 0 Å². The Morgan fingerprint density at radius 3 is 2.27 bits per heavy atom. The second-order valence-corrected chi connectivity index (χ2v) is 2.28. The number of amides is 1. The van der Waals surface area contributed by atoms with Gasteiger partial charge in [-0.05, 0) is 0 Å². The fourth-order valence-corrected chi connectivity index (χ4v) is 0.718. The molecular formula is C7H11F3N2O2Rb-. The topological polar surface area (TPSA) is 85.1 Å². The molecule has 0 spiro atoms. The van der Waals surface area contributed by atoms with Crippen LogP contribution in [-0.2, 0) is 4.79 Å². The Morgan fingerprint density at radius 2 is 2.00 bits per heavy atom. The van der Waals surface area contributed by atoms with Crippen molar-refractivity contribution in [2.75, 3.05) is 0 Å². The van der Waals surface area contributed by atoms with E-state index in [1.165, 1.54) is 11.5 Å². The summed E-state index contributed by atoms with van der Waals surface area (Å²) < 4.78 is 36.3. The molecule has 0 fully saturated rings. The molecule has 0 unspecified atom stereocenters. The maximum atomic E-state index is 12.1. The summed E-state index contributed by atoms with van der Waals surface area (Å²) in [4.78, 5) is 10.6. The molecule has 0 atom stereocenters. The van der Waals surface area contributed by atoms with E-state index in [-0.39, 0.29) is 70.1 Å². The summed E-state index contributed by atoms with van der Waals surface area (Å²) >= 11 is 0. The van der Waals surface area contributed by atoms with Gasteiger partial charge < -0.3 is 15.7 Å². The maximum Gasteiger partial charge on any atom is 1.00 e. The number of rotatable bonds is 4. The van der Waals surface area contributed by atoms with Crippen molar-refractivity contribution in [3.8, 4) is 0 Å². The van der Waals surface area contributed by atoms with Crippen LogP contribution < -0.4 is 69.5 Å². The summed E-state index contributed by atoms with van der Waals surface area (Å²) in [5, 5.41) is 0. The molecule has 0 aliphatic rings. The molecule has 8 heteroatoms. The molecule has 0 saturated carbocycles. The minimum absolute atomic E-state index is 0. The largest absolute Gasteiger partial charge is 1.00 e. The number of hydrazine groups is 1. The molecule has 0 aromatic heterocycles. The predicted octanol–water partition coefficient (Wildman–Crippen LogP) is -2.09. The molecule has 15 heavy (non-hydrogen) atoms. The van der Waals surface area contributed by atoms with Gasteiger partial charge in [0, 0.05) is 0 Å². The summed E-state index contributed by atoms with van der Waals surface area (Å²) in [6.07, 6.45) is -3.65. The Kier molecular flexibility index (Phi) is 13.7. The second kappa shape index (κ2) is 9.80. The van der Waals surface area contributed by atoms with Gasteiger partial charge in [0.05, 0.1) is 0 Å². The van der Waals surface area contributed by atoms with Crippen LogP contribution in [0.3, 0.4) is 0 Å². The van der Waals surface area contributed by atoms with Crippen molar-refractivity contribution in [3.63, 3.8) is 0 Å². The molecule has 0 radical (unpaired) electrons. The molecule has 0 aromatic carbocycles. The zero-order valence-corrected chi connectivity index (χ0v) is 13.2. The van der Waals surface area contributed by atoms with Crippen LogP contribution in [0.2, 0.25) is 0 Å². The van der Waals surface area contributed by atoms with E-state index >= 15 is 0 Å². The summed E-state index contributed by atoms with van der Waals surface area (Å²) in [5.74, 6) is 2.11. The van der Waals surface area contributed by atoms with Gasteiger partial charge in [-0.1, -0.05) is 12.5 Å². The van der Waals surface area contributed by atoms with E-state index in [4.69, 9.17) is 0 Å². The summed E-state index contributed by atoms with van der Waals surface area (Å²) in [7, 11) is 0. The van der Waals surface area contributed by atoms with Crippen molar-refractivity contribution in [1.82, 2.24) is 5.43 Å². The average Bonchev–Trinajstić information content (AvgIpc) is 2.02. The number of hydrogen-bond donors (Lipinski definition) is 2. The van der Waals surface area contributed by atoms with Crippen LogP contribution in [0.5, 0.6) is 0 Å². The zero-order valence-electron chi connectivity index (χ0n) is 8.27. The standard InChI is InChI=1S/C7H10F3N2O.H2O.Rb/c1-2-3-4-5(6(13)12-11)7(8,9)10;;/h2H,1,3-4,11H2,(H,12,13);1H2;/q-1;;+1/p-1. The maximum absolute atomic E-state index is 12.1. The Bertz CT molecular complexity index is 199. The second-order valence-electron chi connectivity index (χ2n) is 2.28. The van der Waals surface area contributed by atoms with E-state index in [0.717, 1.165) is 0 Å². The van der Waals surface area contributed by atoms with Crippen molar-refractivity contribution in [2.24, 2.45) is 5.84 Å². The Labute approximate surface area is 135 Å². The van der Waals surface area contributed by atoms with Gasteiger partial charge in [0.25, 0.3) is 6.18 Å². The number of alkyl halides is 3. The number of hydrogen-bond acceptors (Lipinski definition) is 3. The molecule has 1 amide bonds. The first-order chi connectivity index (χ1) is 5.93. The van der Waals surface area contributed by atoms with Crippen LogP contribution in [0.15, 0.2) is 12.7 Å². The van der Waals surface area contributed by atoms with Crippen molar-refractivity contribution in [2.45, 2.75) is 19.0 Å². The molecule has 84 valence electrons. The smallest absolute Gasteiger partial charge is 0.870 e. The summed E-state index contributed by atoms with van der Waals surface area (Å²) in [5.41, 5.74) is 1.45. The van der Waals surface area contributed by atoms with Crippen molar-refractivity contribution in [1.29, 1.82) is 0 Å². The zero-order chi connectivity index (χ0) is 10.5. The van der Waals surface area contributed by atoms with Gasteiger partial charge in [-0.3, -0.25) is 5.84 Å². The molecule has 0 aliphatic heterocycles. The van der Waals surface area contributed by atoms with Crippen LogP contribution in [0.25, 0.3) is 0 Å². The van der Waals surface area contributed by atoms with Crippen LogP contribution in [0, 0.1) is 5.92 Å². The third kappa shape index (κ3) is 8.41. The van der Waals surface area contributed by atoms with E-state index in [9.17, 15) is 18.0 Å². The summed E-state index contributed by atoms with van der Waals surface area (Å²) in [6, 6.07) is 0. The molecule has 4 nitrogen and oxygen atoms in total. The molecule has 0 heterocycles. The Balaban J connectivity index is -0.000000720. The van der Waals surface area contributed by atoms with Gasteiger partial charge in [-0.15, -0.1) is 13.0 Å². The first kappa shape index (κ1) is 20.9. The average molecular weight is 298 g/mol. The van der Waals surface area contributed by atoms with Crippen LogP contribution in [0.1, 0.15) is 12.8 Å². The fourth-order valence-electron chi connectivity index (χ4n) is 0.718. The molecule has 0 bridgehead atoms. The van der Waals surface area contributed by atoms with E-state index in [1.54, 1.807) is 0 Å². The number of nitrogens with two attached hydrogens (primary N) is 1. The van der Waals surface area contributed by atoms with Crippen molar-refractivity contribution >= 4 is 5.91 Å². The molecular weight excluding hydrogens is 287 g/mol. The van der Waals surface area contributed by atoms with Crippen LogP contribution in [-0.4, -0.2) is 17.6 Å². The third-order valence-electron chi connectivity index (χ3n) is 1.35. The van der Waals surface area contributed by atoms with Crippen molar-refractivity contribution < 1.29 is 81.6 Å². The van der Waals surface area contributed by atoms with Gasteiger partial charge in [0.15, 0.2) is 0 Å². The Morgan fingerprint density at radius 1 is 1.53 bits per heavy atom. The third-order valence-corrected chi connectivity index (χ3v) is 1.35. The van der Waals surface area contributed by atoms with E-state index in [2.05, 4.69) is 12.4 Å². The number of nitrogens with one attached hydrogen (secondary N) is 1. The molecule has 0 rings (SSSR count). The monoisotopic (exact) mass is 297 g/mol. The Hall–Kier alpha value is 0.595. The van der Waals surface area contributed by atoms with Gasteiger partial charge in [-0.2, -0.15) is 5.92 Å². The fraction of sp³-hybridized carbons (Fsp3) is 0.429. The van der Waals surface area contributed by atoms with Gasteiger partial charge in [-0.25, -0.2) is 13.2 Å². The number of halogens is 3. The normalized spacial score (nSPS) is 9.33. The van der Waals surface area contributed by atoms with E-state index in [1.807, 2.05) is 0 Å². The molecule has 0 saturated heterocycles. The van der Waals surface area contributed by atoms with E-state index < -0.39 is 24.4 Å². The number of allylic oxidation sites excluding steroid dienone is 1. The van der Waals surface area contributed by atoms with Crippen LogP contribution >= 0.6 is 0 Å². The molecule has 4 N–H and O–H groups in total. The minimum atomic E-state index is -4.63. The van der Waals surface area contributed by atoms with Gasteiger partial charge >= 0.3 is 58.2 Å². The number of carbonyl (C=O) groups excluding carboxylic acids is 1. The first-order valence-electron chi connectivity index (χ1n) is 3.48. The molecule has 0 aliphatic carbocycles. The minimum Gasteiger partial charge on any atom is -0.870 e. The molecule has 0 aromatic rings. The van der Waals surface area contributed by atoms with Crippen molar-refractivity contribution in [3.05, 3.63) is 18.6 Å². The summed E-state index contributed by atoms with van der Waals surface area (Å²) in [6.45, 7) is 3.26. The number of carbonyl (C=O) groups is 1. The predicted molar refractivity (Wildman–Crippen MR) is 43.0 cm³/mol. The van der Waals surface area contributed by atoms with Gasteiger partial charge in [0.2, 0.25) is 0 Å². The SMILES string of the molecule is C=CCC[C-](C(=O)NN)C(F)(F)F.[OH-].[Rb+]. The van der Waals surface area contributed by atoms with Crippen LogP contribution in [0.4, 0.5) is 13.2 Å². The first-order valence-corrected chi connectivity index (χ1v) is 3.48. The quantitative estimate of drug-likeness (QED) is 0.205.